The van der Waals surface area contributed by atoms with E-state index >= 15 is 0 Å². The number of ether oxygens (including phenoxy) is 3. The Bertz CT molecular complexity index is 700. The first-order valence-electron chi connectivity index (χ1n) is 7.69. The Kier molecular flexibility index (Phi) is 5.20. The van der Waals surface area contributed by atoms with Gasteiger partial charge >= 0.3 is 6.09 Å². The van der Waals surface area contributed by atoms with Gasteiger partial charge in [0.05, 0.1) is 14.2 Å². The molecule has 0 N–H and O–H groups in total. The molecule has 1 aliphatic heterocycles. The highest BCUT2D eigenvalue weighted by molar-refractivity contribution is 6.04. The largest absolute Gasteiger partial charge is 0.493 e. The zero-order valence-electron chi connectivity index (χ0n) is 15.0. The molecule has 0 radical (unpaired) electrons. The third-order valence-electron chi connectivity index (χ3n) is 3.91. The zero-order valence-corrected chi connectivity index (χ0v) is 15.0. The second kappa shape index (κ2) is 7.00. The molecule has 0 saturated carbocycles. The van der Waals surface area contributed by atoms with Crippen molar-refractivity contribution < 1.29 is 28.6 Å². The second-order valence-electron chi connectivity index (χ2n) is 6.21. The Labute approximate surface area is 146 Å². The Balaban J connectivity index is 2.04. The number of rotatable bonds is 6. The SMILES string of the molecule is COc1ccc(CN(C)C(=O)CN2C(=O)OC(C)(C)C2=O)cc1OC. The number of methoxy groups -OCH3 is 2. The highest BCUT2D eigenvalue weighted by Gasteiger charge is 2.47. The maximum Gasteiger partial charge on any atom is 0.418 e. The topological polar surface area (TPSA) is 85.4 Å². The van der Waals surface area contributed by atoms with Crippen LogP contribution in [0.15, 0.2) is 18.2 Å². The Hall–Kier alpha value is -2.77. The van der Waals surface area contributed by atoms with Crippen LogP contribution in [0.2, 0.25) is 0 Å². The van der Waals surface area contributed by atoms with Gasteiger partial charge in [-0.05, 0) is 31.5 Å². The van der Waals surface area contributed by atoms with Crippen LogP contribution in [0.5, 0.6) is 11.5 Å². The van der Waals surface area contributed by atoms with Crippen LogP contribution in [0.25, 0.3) is 0 Å². The van der Waals surface area contributed by atoms with E-state index in [2.05, 4.69) is 0 Å². The van der Waals surface area contributed by atoms with E-state index < -0.39 is 17.6 Å². The minimum absolute atomic E-state index is 0.291. The van der Waals surface area contributed by atoms with Crippen LogP contribution >= 0.6 is 0 Å². The monoisotopic (exact) mass is 350 g/mol. The quantitative estimate of drug-likeness (QED) is 0.771. The molecular formula is C17H22N2O6. The van der Waals surface area contributed by atoms with E-state index in [0.717, 1.165) is 10.5 Å². The summed E-state index contributed by atoms with van der Waals surface area (Å²) in [5.74, 6) is 0.247. The summed E-state index contributed by atoms with van der Waals surface area (Å²) in [6.45, 7) is 2.92. The molecule has 1 heterocycles. The maximum atomic E-state index is 12.4. The van der Waals surface area contributed by atoms with E-state index in [1.807, 2.05) is 6.07 Å². The predicted octanol–water partition coefficient (Wildman–Crippen LogP) is 1.42. The van der Waals surface area contributed by atoms with Crippen LogP contribution in [0.1, 0.15) is 19.4 Å². The molecule has 1 saturated heterocycles. The average Bonchev–Trinajstić information content (AvgIpc) is 2.76. The second-order valence-corrected chi connectivity index (χ2v) is 6.21. The van der Waals surface area contributed by atoms with Crippen LogP contribution in [-0.2, 0) is 20.9 Å². The van der Waals surface area contributed by atoms with Gasteiger partial charge < -0.3 is 19.1 Å². The van der Waals surface area contributed by atoms with E-state index in [4.69, 9.17) is 14.2 Å². The van der Waals surface area contributed by atoms with Gasteiger partial charge in [-0.3, -0.25) is 9.59 Å². The molecule has 136 valence electrons. The Morgan fingerprint density at radius 1 is 1.20 bits per heavy atom. The molecule has 8 heteroatoms. The Morgan fingerprint density at radius 2 is 1.84 bits per heavy atom. The van der Waals surface area contributed by atoms with Crippen molar-refractivity contribution in [3.8, 4) is 11.5 Å². The maximum absolute atomic E-state index is 12.4. The molecule has 25 heavy (non-hydrogen) atoms. The molecule has 0 spiro atoms. The summed E-state index contributed by atoms with van der Waals surface area (Å²) in [7, 11) is 4.67. The van der Waals surface area contributed by atoms with E-state index in [1.54, 1.807) is 26.3 Å². The molecule has 1 fully saturated rings. The average molecular weight is 350 g/mol. The lowest BCUT2D eigenvalue weighted by Gasteiger charge is -2.20. The summed E-state index contributed by atoms with van der Waals surface area (Å²) >= 11 is 0. The van der Waals surface area contributed by atoms with Gasteiger partial charge in [0, 0.05) is 13.6 Å². The van der Waals surface area contributed by atoms with Gasteiger partial charge in [0.1, 0.15) is 6.54 Å². The van der Waals surface area contributed by atoms with Crippen LogP contribution in [-0.4, -0.2) is 61.1 Å². The minimum atomic E-state index is -1.24. The number of carbonyl (C=O) groups excluding carboxylic acids is 3. The summed E-state index contributed by atoms with van der Waals surface area (Å²) in [4.78, 5) is 38.4. The van der Waals surface area contributed by atoms with Gasteiger partial charge in [-0.25, -0.2) is 9.69 Å². The first-order valence-corrected chi connectivity index (χ1v) is 7.69. The summed E-state index contributed by atoms with van der Waals surface area (Å²) in [5, 5.41) is 0. The summed E-state index contributed by atoms with van der Waals surface area (Å²) in [5.41, 5.74) is -0.414. The van der Waals surface area contributed by atoms with E-state index in [1.165, 1.54) is 25.9 Å². The molecule has 1 aliphatic rings. The van der Waals surface area contributed by atoms with Crippen molar-refractivity contribution in [2.75, 3.05) is 27.8 Å². The number of nitrogens with zero attached hydrogens (tertiary/aromatic N) is 2. The molecule has 3 amide bonds. The van der Waals surface area contributed by atoms with Crippen molar-refractivity contribution in [3.63, 3.8) is 0 Å². The van der Waals surface area contributed by atoms with Crippen LogP contribution in [0.4, 0.5) is 4.79 Å². The van der Waals surface area contributed by atoms with Crippen LogP contribution in [0, 0.1) is 0 Å². The van der Waals surface area contributed by atoms with E-state index in [0.29, 0.717) is 18.0 Å². The first kappa shape index (κ1) is 18.6. The zero-order chi connectivity index (χ0) is 18.8. The van der Waals surface area contributed by atoms with Gasteiger partial charge in [-0.1, -0.05) is 6.07 Å². The number of hydrogen-bond donors (Lipinski definition) is 0. The van der Waals surface area contributed by atoms with Crippen molar-refractivity contribution in [1.29, 1.82) is 0 Å². The standard InChI is InChI=1S/C17H22N2O6/c1-17(2)15(21)19(16(22)25-17)10-14(20)18(3)9-11-6-7-12(23-4)13(8-11)24-5/h6-8H,9-10H2,1-5H3. The van der Waals surface area contributed by atoms with Gasteiger partial charge in [0.2, 0.25) is 5.91 Å². The van der Waals surface area contributed by atoms with Gasteiger partial charge in [-0.2, -0.15) is 0 Å². The van der Waals surface area contributed by atoms with Gasteiger partial charge in [0.25, 0.3) is 5.91 Å². The molecule has 0 aromatic heterocycles. The van der Waals surface area contributed by atoms with Crippen molar-refractivity contribution in [2.24, 2.45) is 0 Å². The molecule has 0 unspecified atom stereocenters. The fourth-order valence-electron chi connectivity index (χ4n) is 2.46. The fraction of sp³-hybridized carbons (Fsp3) is 0.471. The third-order valence-corrected chi connectivity index (χ3v) is 3.91. The van der Waals surface area contributed by atoms with E-state index in [-0.39, 0.29) is 12.5 Å². The highest BCUT2D eigenvalue weighted by atomic mass is 16.6. The summed E-state index contributed by atoms with van der Waals surface area (Å²) in [6, 6.07) is 5.32. The minimum Gasteiger partial charge on any atom is -0.493 e. The lowest BCUT2D eigenvalue weighted by Crippen LogP contribution is -2.43. The third kappa shape index (κ3) is 3.84. The number of hydrogen-bond acceptors (Lipinski definition) is 6. The van der Waals surface area contributed by atoms with Crippen LogP contribution in [0.3, 0.4) is 0 Å². The normalized spacial score (nSPS) is 15.8. The molecule has 2 rings (SSSR count). The number of imide groups is 1. The molecule has 8 nitrogen and oxygen atoms in total. The van der Waals surface area contributed by atoms with Crippen molar-refractivity contribution in [1.82, 2.24) is 9.80 Å². The smallest absolute Gasteiger partial charge is 0.418 e. The number of amides is 3. The van der Waals surface area contributed by atoms with Crippen molar-refractivity contribution in [2.45, 2.75) is 26.0 Å². The molecule has 1 aromatic carbocycles. The lowest BCUT2D eigenvalue weighted by atomic mass is 10.1. The fourth-order valence-corrected chi connectivity index (χ4v) is 2.46. The molecule has 1 aromatic rings. The predicted molar refractivity (Wildman–Crippen MR) is 88.3 cm³/mol. The lowest BCUT2D eigenvalue weighted by molar-refractivity contribution is -0.139. The number of cyclic esters (lactones) is 1. The number of benzene rings is 1. The van der Waals surface area contributed by atoms with Crippen molar-refractivity contribution in [3.05, 3.63) is 23.8 Å². The summed E-state index contributed by atoms with van der Waals surface area (Å²) in [6.07, 6.45) is -0.803. The molecule has 0 aliphatic carbocycles. The van der Waals surface area contributed by atoms with Crippen LogP contribution < -0.4 is 9.47 Å². The molecule has 0 bridgehead atoms. The van der Waals surface area contributed by atoms with E-state index in [9.17, 15) is 14.4 Å². The highest BCUT2D eigenvalue weighted by Crippen LogP contribution is 2.28. The first-order chi connectivity index (χ1) is 11.7. The van der Waals surface area contributed by atoms with Gasteiger partial charge in [-0.15, -0.1) is 0 Å². The summed E-state index contributed by atoms with van der Waals surface area (Å²) < 4.78 is 15.4. The number of carbonyl (C=O) groups is 3. The van der Waals surface area contributed by atoms with Crippen molar-refractivity contribution >= 4 is 17.9 Å². The molecule has 0 atom stereocenters. The molecular weight excluding hydrogens is 328 g/mol. The number of likely N-dealkylation sites (N-methyl/N-ethyl adjacent to an activating group) is 1. The van der Waals surface area contributed by atoms with Gasteiger partial charge in [0.15, 0.2) is 17.1 Å². The Morgan fingerprint density at radius 3 is 2.36 bits per heavy atom.